The predicted octanol–water partition coefficient (Wildman–Crippen LogP) is 3.70. The van der Waals surface area contributed by atoms with Crippen molar-refractivity contribution in [1.82, 2.24) is 9.78 Å². The molecular weight excluding hydrogens is 432 g/mol. The van der Waals surface area contributed by atoms with Crippen molar-refractivity contribution in [2.45, 2.75) is 64.1 Å². The van der Waals surface area contributed by atoms with Gasteiger partial charge in [0.2, 0.25) is 5.91 Å². The molecule has 0 radical (unpaired) electrons. The third kappa shape index (κ3) is 6.23. The molecule has 1 heterocycles. The number of aliphatic hydroxyl groups excluding tert-OH is 1. The van der Waals surface area contributed by atoms with Crippen LogP contribution in [0.4, 0.5) is 8.78 Å². The van der Waals surface area contributed by atoms with Gasteiger partial charge in [-0.15, -0.1) is 10.6 Å². The Morgan fingerprint density at radius 2 is 1.97 bits per heavy atom. The molecule has 1 aromatic heterocycles. The molecule has 2 aromatic rings. The Labute approximate surface area is 181 Å². The van der Waals surface area contributed by atoms with E-state index in [-0.39, 0.29) is 47.7 Å². The number of amides is 1. The number of phenolic OH excluding ortho intramolecular Hbond substituents is 1. The van der Waals surface area contributed by atoms with E-state index in [0.717, 1.165) is 0 Å². The first-order chi connectivity index (χ1) is 14.5. The number of benzene rings is 1. The Morgan fingerprint density at radius 3 is 2.52 bits per heavy atom. The molecule has 31 heavy (non-hydrogen) atoms. The van der Waals surface area contributed by atoms with Gasteiger partial charge in [-0.1, -0.05) is 27.7 Å². The van der Waals surface area contributed by atoms with Gasteiger partial charge < -0.3 is 23.5 Å². The molecule has 0 saturated heterocycles. The van der Waals surface area contributed by atoms with E-state index in [1.165, 1.54) is 23.0 Å². The predicted molar refractivity (Wildman–Crippen MR) is 110 cm³/mol. The molecule has 0 fully saturated rings. The minimum atomic E-state index is -3.15. The van der Waals surface area contributed by atoms with Crippen molar-refractivity contribution >= 4 is 16.5 Å². The number of aromatic hydroxyl groups is 1. The third-order valence-corrected chi connectivity index (χ3v) is 5.43. The summed E-state index contributed by atoms with van der Waals surface area (Å²) in [6.45, 7) is 4.04. The molecule has 172 valence electrons. The van der Waals surface area contributed by atoms with Crippen LogP contribution in [0.3, 0.4) is 0 Å². The van der Waals surface area contributed by atoms with Crippen molar-refractivity contribution in [3.63, 3.8) is 0 Å². The number of carbonyl (C=O) groups is 1. The van der Waals surface area contributed by atoms with Gasteiger partial charge in [-0.25, -0.2) is 0 Å². The van der Waals surface area contributed by atoms with Gasteiger partial charge in [0.1, 0.15) is 0 Å². The fourth-order valence-corrected chi connectivity index (χ4v) is 3.95. The molecule has 0 aliphatic carbocycles. The molecule has 0 saturated carbocycles. The number of hydrogen-bond donors (Lipinski definition) is 2. The zero-order chi connectivity index (χ0) is 23.3. The minimum Gasteiger partial charge on any atom is -0.504 e. The molecule has 1 aromatic carbocycles. The minimum absolute atomic E-state index is 0.0578. The number of carbonyl (C=O) groups excluding carboxylic acids is 1. The number of aromatic nitrogens is 2. The quantitative estimate of drug-likeness (QED) is 0.554. The van der Waals surface area contributed by atoms with E-state index in [9.17, 15) is 22.9 Å². The smallest absolute Gasteiger partial charge is 0.387 e. The maximum absolute atomic E-state index is 12.9. The second kappa shape index (κ2) is 10.7. The van der Waals surface area contributed by atoms with Crippen LogP contribution in [0.25, 0.3) is 0 Å². The van der Waals surface area contributed by atoms with Crippen LogP contribution >= 0.6 is 0 Å². The summed E-state index contributed by atoms with van der Waals surface area (Å²) in [5.74, 6) is -2.01. The van der Waals surface area contributed by atoms with Crippen molar-refractivity contribution in [1.29, 1.82) is 0 Å². The Kier molecular flexibility index (Phi) is 8.52. The Balaban J connectivity index is 2.47. The molecule has 2 rings (SSSR count). The molecule has 1 amide bonds. The molecule has 0 aliphatic rings. The number of aliphatic hydroxyl groups is 1. The van der Waals surface area contributed by atoms with Gasteiger partial charge in [0.05, 0.1) is 19.6 Å². The van der Waals surface area contributed by atoms with Crippen LogP contribution in [0.2, 0.25) is 0 Å². The number of hydrogen-bond acceptors (Lipinski definition) is 7. The highest BCUT2D eigenvalue weighted by atomic mass is 32.2. The van der Waals surface area contributed by atoms with E-state index in [0.29, 0.717) is 11.1 Å². The summed E-state index contributed by atoms with van der Waals surface area (Å²) in [5, 5.41) is 23.2. The molecule has 0 bridgehead atoms. The van der Waals surface area contributed by atoms with E-state index in [1.807, 2.05) is 13.8 Å². The van der Waals surface area contributed by atoms with Gasteiger partial charge in [0.15, 0.2) is 11.5 Å². The van der Waals surface area contributed by atoms with Crippen LogP contribution in [-0.2, 0) is 32.6 Å². The number of ether oxygens (including phenoxy) is 1. The molecule has 11 heteroatoms. The monoisotopic (exact) mass is 458 g/mol. The zero-order valence-corrected chi connectivity index (χ0v) is 18.5. The summed E-state index contributed by atoms with van der Waals surface area (Å²) in [4.78, 5) is 12.6. The van der Waals surface area contributed by atoms with Crippen molar-refractivity contribution in [3.8, 4) is 11.5 Å². The summed E-state index contributed by atoms with van der Waals surface area (Å²) < 4.78 is 47.8. The summed E-state index contributed by atoms with van der Waals surface area (Å²) in [6.07, 6.45) is 1.20. The van der Waals surface area contributed by atoms with Crippen LogP contribution in [0.15, 0.2) is 27.7 Å². The van der Waals surface area contributed by atoms with Gasteiger partial charge >= 0.3 is 6.61 Å². The Hall–Kier alpha value is -2.53. The maximum Gasteiger partial charge on any atom is 0.387 e. The van der Waals surface area contributed by atoms with Crippen LogP contribution < -0.4 is 4.74 Å². The van der Waals surface area contributed by atoms with E-state index >= 15 is 0 Å². The Morgan fingerprint density at radius 1 is 1.29 bits per heavy atom. The molecule has 0 atom stereocenters. The lowest BCUT2D eigenvalue weighted by Gasteiger charge is -2.23. The highest BCUT2D eigenvalue weighted by molar-refractivity contribution is 7.75. The highest BCUT2D eigenvalue weighted by Gasteiger charge is 2.25. The SMILES string of the molecule is CC(C)c1cc(O)c(OC(F)F)c(C(C)C)c1CC(=O)N=[S-](=O)c1ccn(CCO)n1. The van der Waals surface area contributed by atoms with Gasteiger partial charge in [-0.2, -0.15) is 13.9 Å². The van der Waals surface area contributed by atoms with Crippen LogP contribution in [0, 0.1) is 0 Å². The molecule has 0 aliphatic heterocycles. The number of rotatable bonds is 9. The van der Waals surface area contributed by atoms with Crippen molar-refractivity contribution in [3.05, 3.63) is 35.0 Å². The summed E-state index contributed by atoms with van der Waals surface area (Å²) in [5.41, 5.74) is 1.28. The average molecular weight is 459 g/mol. The van der Waals surface area contributed by atoms with Gasteiger partial charge in [-0.3, -0.25) is 9.48 Å². The number of nitrogens with zero attached hydrogens (tertiary/aromatic N) is 3. The Bertz CT molecular complexity index is 1010. The first kappa shape index (κ1) is 24.7. The lowest BCUT2D eigenvalue weighted by atomic mass is 9.85. The third-order valence-electron chi connectivity index (χ3n) is 4.49. The fraction of sp³-hybridized carbons (Fsp3) is 0.500. The number of phenols is 1. The van der Waals surface area contributed by atoms with Crippen LogP contribution in [0.1, 0.15) is 56.2 Å². The molecule has 2 N–H and O–H groups in total. The zero-order valence-electron chi connectivity index (χ0n) is 17.7. The van der Waals surface area contributed by atoms with E-state index < -0.39 is 28.9 Å². The average Bonchev–Trinajstić information content (AvgIpc) is 3.12. The molecule has 8 nitrogen and oxygen atoms in total. The van der Waals surface area contributed by atoms with Gasteiger partial charge in [0.25, 0.3) is 0 Å². The normalized spacial score (nSPS) is 12.8. The molecular formula is C20H26F2N3O5S-. The lowest BCUT2D eigenvalue weighted by molar-refractivity contribution is -0.117. The van der Waals surface area contributed by atoms with E-state index in [1.54, 1.807) is 13.8 Å². The second-order valence-electron chi connectivity index (χ2n) is 7.45. The summed E-state index contributed by atoms with van der Waals surface area (Å²) in [7, 11) is -2.06. The number of alkyl halides is 2. The number of halogens is 2. The first-order valence-corrected chi connectivity index (χ1v) is 10.8. The van der Waals surface area contributed by atoms with Crippen LogP contribution in [-0.4, -0.2) is 39.1 Å². The first-order valence-electron chi connectivity index (χ1n) is 9.69. The fourth-order valence-electron chi connectivity index (χ4n) is 3.25. The largest absolute Gasteiger partial charge is 0.504 e. The highest BCUT2D eigenvalue weighted by Crippen LogP contribution is 2.42. The summed E-state index contributed by atoms with van der Waals surface area (Å²) >= 11 is 0. The van der Waals surface area contributed by atoms with Crippen LogP contribution in [0.5, 0.6) is 11.5 Å². The lowest BCUT2D eigenvalue weighted by Crippen LogP contribution is -2.13. The van der Waals surface area contributed by atoms with Gasteiger partial charge in [-0.05, 0) is 35.1 Å². The van der Waals surface area contributed by atoms with Crippen molar-refractivity contribution in [2.24, 2.45) is 4.36 Å². The summed E-state index contributed by atoms with van der Waals surface area (Å²) in [6, 6.07) is 2.74. The molecule has 0 unspecified atom stereocenters. The molecule has 0 spiro atoms. The van der Waals surface area contributed by atoms with Crippen molar-refractivity contribution < 1.29 is 32.7 Å². The van der Waals surface area contributed by atoms with E-state index in [4.69, 9.17) is 5.11 Å². The standard InChI is InChI=1S/C20H26F2N3O5S/c1-11(2)13-9-15(27)19(30-20(21)22)18(12(3)4)14(13)10-16(28)24-31(29)17-5-6-25(23-17)7-8-26/h5-6,9,11-12,20,26-27H,7-8,10H2,1-4H3/q-1. The van der Waals surface area contributed by atoms with Crippen molar-refractivity contribution in [2.75, 3.05) is 6.61 Å². The van der Waals surface area contributed by atoms with Gasteiger partial charge in [0, 0.05) is 16.8 Å². The topological polar surface area (TPSA) is 114 Å². The second-order valence-corrected chi connectivity index (χ2v) is 8.54. The van der Waals surface area contributed by atoms with E-state index in [2.05, 4.69) is 14.2 Å². The maximum atomic E-state index is 12.9.